The number of rotatable bonds is 4. The molecule has 2 aliphatic rings. The van der Waals surface area contributed by atoms with Gasteiger partial charge in [-0.2, -0.15) is 0 Å². The van der Waals surface area contributed by atoms with E-state index < -0.39 is 0 Å². The number of piperidine rings is 1. The highest BCUT2D eigenvalue weighted by atomic mass is 16.5. The smallest absolute Gasteiger partial charge is 0.270 e. The number of aromatic nitrogens is 2. The molecule has 1 unspecified atom stereocenters. The summed E-state index contributed by atoms with van der Waals surface area (Å²) in [5.74, 6) is -0.107. The predicted octanol–water partition coefficient (Wildman–Crippen LogP) is -0.472. The standard InChI is InChI=1S/C16H23N5O3/c1-20-8-13(24-10-15(20)22)9-21-6-3-12(4-7-21)19-16(23)14-2-5-17-11-18-14/h2,5,11-13H,3-4,6-10H2,1H3,(H,19,23). The first-order valence-electron chi connectivity index (χ1n) is 8.26. The Balaban J connectivity index is 1.41. The second-order valence-corrected chi connectivity index (χ2v) is 6.35. The maximum absolute atomic E-state index is 12.1. The minimum atomic E-state index is -0.147. The Kier molecular flexibility index (Phi) is 5.37. The highest BCUT2D eigenvalue weighted by Gasteiger charge is 2.27. The number of nitrogens with zero attached hydrogens (tertiary/aromatic N) is 4. The van der Waals surface area contributed by atoms with Gasteiger partial charge < -0.3 is 19.9 Å². The van der Waals surface area contributed by atoms with Gasteiger partial charge in [0.2, 0.25) is 5.91 Å². The fraction of sp³-hybridized carbons (Fsp3) is 0.625. The summed E-state index contributed by atoms with van der Waals surface area (Å²) in [5.41, 5.74) is 0.399. The van der Waals surface area contributed by atoms with Crippen LogP contribution in [0.5, 0.6) is 0 Å². The molecule has 1 aromatic heterocycles. The molecule has 2 amide bonds. The summed E-state index contributed by atoms with van der Waals surface area (Å²) < 4.78 is 5.60. The van der Waals surface area contributed by atoms with Gasteiger partial charge in [0.25, 0.3) is 5.91 Å². The van der Waals surface area contributed by atoms with Crippen LogP contribution in [-0.4, -0.2) is 83.6 Å². The lowest BCUT2D eigenvalue weighted by molar-refractivity contribution is -0.147. The summed E-state index contributed by atoms with van der Waals surface area (Å²) in [6, 6.07) is 1.78. The molecule has 3 rings (SSSR count). The van der Waals surface area contributed by atoms with Crippen molar-refractivity contribution in [2.75, 3.05) is 39.8 Å². The molecule has 0 aromatic carbocycles. The van der Waals surface area contributed by atoms with Gasteiger partial charge >= 0.3 is 0 Å². The van der Waals surface area contributed by atoms with E-state index in [0.29, 0.717) is 12.2 Å². The van der Waals surface area contributed by atoms with Gasteiger partial charge in [0, 0.05) is 45.5 Å². The normalized spacial score (nSPS) is 23.3. The molecule has 2 saturated heterocycles. The number of ether oxygens (including phenoxy) is 1. The van der Waals surface area contributed by atoms with Gasteiger partial charge in [-0.15, -0.1) is 0 Å². The van der Waals surface area contributed by atoms with Crippen LogP contribution in [0.1, 0.15) is 23.3 Å². The van der Waals surface area contributed by atoms with Crippen LogP contribution >= 0.6 is 0 Å². The minimum absolute atomic E-state index is 0.0393. The van der Waals surface area contributed by atoms with Crippen molar-refractivity contribution in [1.29, 1.82) is 0 Å². The van der Waals surface area contributed by atoms with Crippen LogP contribution in [0, 0.1) is 0 Å². The first-order valence-corrected chi connectivity index (χ1v) is 8.26. The highest BCUT2D eigenvalue weighted by molar-refractivity contribution is 5.92. The van der Waals surface area contributed by atoms with E-state index in [-0.39, 0.29) is 30.6 Å². The number of likely N-dealkylation sites (N-methyl/N-ethyl adjacent to an activating group) is 1. The third kappa shape index (κ3) is 4.27. The number of likely N-dealkylation sites (tertiary alicyclic amines) is 1. The number of amides is 2. The van der Waals surface area contributed by atoms with Crippen LogP contribution in [-0.2, 0) is 9.53 Å². The number of nitrogens with one attached hydrogen (secondary N) is 1. The molecule has 130 valence electrons. The number of hydrogen-bond donors (Lipinski definition) is 1. The van der Waals surface area contributed by atoms with Crippen LogP contribution in [0.3, 0.4) is 0 Å². The Labute approximate surface area is 141 Å². The number of carbonyl (C=O) groups is 2. The van der Waals surface area contributed by atoms with E-state index in [1.165, 1.54) is 6.33 Å². The summed E-state index contributed by atoms with van der Waals surface area (Å²) in [7, 11) is 1.81. The molecule has 24 heavy (non-hydrogen) atoms. The summed E-state index contributed by atoms with van der Waals surface area (Å²) in [5, 5.41) is 3.03. The molecule has 1 atom stereocenters. The molecular weight excluding hydrogens is 310 g/mol. The maximum atomic E-state index is 12.1. The summed E-state index contributed by atoms with van der Waals surface area (Å²) in [6.45, 7) is 3.46. The largest absolute Gasteiger partial charge is 0.365 e. The fourth-order valence-electron chi connectivity index (χ4n) is 3.10. The number of hydrogen-bond acceptors (Lipinski definition) is 6. The van der Waals surface area contributed by atoms with E-state index in [9.17, 15) is 9.59 Å². The first kappa shape index (κ1) is 16.8. The number of carbonyl (C=O) groups excluding carboxylic acids is 2. The van der Waals surface area contributed by atoms with E-state index in [1.54, 1.807) is 17.2 Å². The molecule has 2 fully saturated rings. The van der Waals surface area contributed by atoms with Crippen LogP contribution in [0.4, 0.5) is 0 Å². The zero-order chi connectivity index (χ0) is 16.9. The lowest BCUT2D eigenvalue weighted by Gasteiger charge is -2.37. The highest BCUT2D eigenvalue weighted by Crippen LogP contribution is 2.14. The molecule has 1 N–H and O–H groups in total. The maximum Gasteiger partial charge on any atom is 0.270 e. The lowest BCUT2D eigenvalue weighted by Crippen LogP contribution is -2.51. The lowest BCUT2D eigenvalue weighted by atomic mass is 10.0. The van der Waals surface area contributed by atoms with E-state index in [4.69, 9.17) is 4.74 Å². The van der Waals surface area contributed by atoms with Crippen LogP contribution in [0.2, 0.25) is 0 Å². The molecule has 2 aliphatic heterocycles. The molecule has 0 aliphatic carbocycles. The van der Waals surface area contributed by atoms with E-state index in [1.807, 2.05) is 7.05 Å². The molecule has 0 saturated carbocycles. The Morgan fingerprint density at radius 3 is 2.88 bits per heavy atom. The van der Waals surface area contributed by atoms with Gasteiger partial charge in [-0.25, -0.2) is 9.97 Å². The van der Waals surface area contributed by atoms with Gasteiger partial charge in [0.05, 0.1) is 6.10 Å². The van der Waals surface area contributed by atoms with Crippen molar-refractivity contribution in [3.05, 3.63) is 24.3 Å². The topological polar surface area (TPSA) is 87.7 Å². The zero-order valence-corrected chi connectivity index (χ0v) is 13.9. The average molecular weight is 333 g/mol. The SMILES string of the molecule is CN1CC(CN2CCC(NC(=O)c3ccncn3)CC2)OCC1=O. The second kappa shape index (κ2) is 7.67. The molecular formula is C16H23N5O3. The molecule has 3 heterocycles. The monoisotopic (exact) mass is 333 g/mol. The third-order valence-corrected chi connectivity index (χ3v) is 4.54. The Morgan fingerprint density at radius 1 is 1.42 bits per heavy atom. The van der Waals surface area contributed by atoms with Gasteiger partial charge in [-0.05, 0) is 18.9 Å². The summed E-state index contributed by atoms with van der Waals surface area (Å²) >= 11 is 0. The van der Waals surface area contributed by atoms with Crippen molar-refractivity contribution in [2.24, 2.45) is 0 Å². The summed E-state index contributed by atoms with van der Waals surface area (Å²) in [4.78, 5) is 35.4. The Bertz CT molecular complexity index is 574. The van der Waals surface area contributed by atoms with Crippen molar-refractivity contribution in [3.8, 4) is 0 Å². The van der Waals surface area contributed by atoms with E-state index in [2.05, 4.69) is 20.2 Å². The van der Waals surface area contributed by atoms with Crippen LogP contribution in [0.25, 0.3) is 0 Å². The third-order valence-electron chi connectivity index (χ3n) is 4.54. The molecule has 1 aromatic rings. The Morgan fingerprint density at radius 2 is 2.21 bits per heavy atom. The van der Waals surface area contributed by atoms with Crippen LogP contribution < -0.4 is 5.32 Å². The Hall–Kier alpha value is -2.06. The predicted molar refractivity (Wildman–Crippen MR) is 86.3 cm³/mol. The van der Waals surface area contributed by atoms with Crippen molar-refractivity contribution >= 4 is 11.8 Å². The van der Waals surface area contributed by atoms with Crippen LogP contribution in [0.15, 0.2) is 18.6 Å². The second-order valence-electron chi connectivity index (χ2n) is 6.35. The number of morpholine rings is 1. The van der Waals surface area contributed by atoms with E-state index in [0.717, 1.165) is 32.5 Å². The molecule has 8 heteroatoms. The van der Waals surface area contributed by atoms with Gasteiger partial charge in [0.15, 0.2) is 0 Å². The van der Waals surface area contributed by atoms with Gasteiger partial charge in [-0.3, -0.25) is 9.59 Å². The van der Waals surface area contributed by atoms with Gasteiger partial charge in [-0.1, -0.05) is 0 Å². The minimum Gasteiger partial charge on any atom is -0.365 e. The fourth-order valence-corrected chi connectivity index (χ4v) is 3.10. The average Bonchev–Trinajstić information content (AvgIpc) is 2.61. The van der Waals surface area contributed by atoms with Crippen molar-refractivity contribution in [1.82, 2.24) is 25.1 Å². The van der Waals surface area contributed by atoms with Crippen molar-refractivity contribution < 1.29 is 14.3 Å². The van der Waals surface area contributed by atoms with Gasteiger partial charge in [0.1, 0.15) is 18.6 Å². The molecule has 0 spiro atoms. The molecule has 0 bridgehead atoms. The zero-order valence-electron chi connectivity index (χ0n) is 13.9. The van der Waals surface area contributed by atoms with Crippen molar-refractivity contribution in [2.45, 2.75) is 25.0 Å². The molecule has 8 nitrogen and oxygen atoms in total. The molecule has 0 radical (unpaired) electrons. The first-order chi connectivity index (χ1) is 11.6. The summed E-state index contributed by atoms with van der Waals surface area (Å²) in [6.07, 6.45) is 4.82. The quantitative estimate of drug-likeness (QED) is 0.801. The van der Waals surface area contributed by atoms with Crippen molar-refractivity contribution in [3.63, 3.8) is 0 Å². The van der Waals surface area contributed by atoms with E-state index >= 15 is 0 Å².